The van der Waals surface area contributed by atoms with Gasteiger partial charge in [-0.15, -0.1) is 0 Å². The molecule has 0 saturated heterocycles. The summed E-state index contributed by atoms with van der Waals surface area (Å²) in [6.07, 6.45) is 4.32. The maximum atomic E-state index is 11.6. The summed E-state index contributed by atoms with van der Waals surface area (Å²) in [6, 6.07) is 0. The molecular weight excluding hydrogens is 192 g/mol. The molecule has 15 heavy (non-hydrogen) atoms. The normalized spacial score (nSPS) is 16.9. The van der Waals surface area contributed by atoms with Crippen molar-refractivity contribution in [2.75, 3.05) is 0 Å². The van der Waals surface area contributed by atoms with Crippen LogP contribution in [0.15, 0.2) is 0 Å². The van der Waals surface area contributed by atoms with Crippen molar-refractivity contribution in [3.8, 4) is 0 Å². The van der Waals surface area contributed by atoms with Crippen molar-refractivity contribution < 1.29 is 9.59 Å². The van der Waals surface area contributed by atoms with Crippen LogP contribution in [0.2, 0.25) is 0 Å². The number of nitrogens with two attached hydrogens (primary N) is 1. The molecule has 4 heteroatoms. The molecule has 0 aliphatic heterocycles. The largest absolute Gasteiger partial charge is 0.370 e. The molecule has 1 aliphatic rings. The van der Waals surface area contributed by atoms with Gasteiger partial charge in [0.1, 0.15) is 0 Å². The monoisotopic (exact) mass is 212 g/mol. The number of carbonyl (C=O) groups excluding carboxylic acids is 2. The predicted molar refractivity (Wildman–Crippen MR) is 58.0 cm³/mol. The summed E-state index contributed by atoms with van der Waals surface area (Å²) in [4.78, 5) is 22.3. The highest BCUT2D eigenvalue weighted by molar-refractivity contribution is 5.79. The van der Waals surface area contributed by atoms with Crippen LogP contribution in [0, 0.1) is 5.92 Å². The van der Waals surface area contributed by atoms with Gasteiger partial charge in [-0.05, 0) is 32.6 Å². The average Bonchev–Trinajstić information content (AvgIpc) is 1.92. The Morgan fingerprint density at radius 1 is 1.40 bits per heavy atom. The number of rotatable bonds is 5. The number of hydrogen-bond acceptors (Lipinski definition) is 2. The maximum absolute atomic E-state index is 11.6. The molecule has 0 aromatic rings. The third-order valence-electron chi connectivity index (χ3n) is 2.79. The van der Waals surface area contributed by atoms with E-state index < -0.39 is 5.54 Å². The van der Waals surface area contributed by atoms with E-state index in [1.807, 2.05) is 13.8 Å². The molecule has 1 aliphatic carbocycles. The lowest BCUT2D eigenvalue weighted by atomic mass is 9.82. The van der Waals surface area contributed by atoms with Crippen LogP contribution in [-0.4, -0.2) is 17.4 Å². The van der Waals surface area contributed by atoms with Crippen LogP contribution < -0.4 is 11.1 Å². The van der Waals surface area contributed by atoms with Crippen LogP contribution in [0.1, 0.15) is 46.0 Å². The fraction of sp³-hybridized carbons (Fsp3) is 0.818. The predicted octanol–water partition coefficient (Wildman–Crippen LogP) is 0.947. The van der Waals surface area contributed by atoms with Crippen LogP contribution in [0.3, 0.4) is 0 Å². The third kappa shape index (κ3) is 4.32. The zero-order valence-electron chi connectivity index (χ0n) is 9.51. The lowest BCUT2D eigenvalue weighted by molar-refractivity contribution is -0.125. The molecule has 0 aromatic carbocycles. The van der Waals surface area contributed by atoms with Crippen molar-refractivity contribution in [1.82, 2.24) is 5.32 Å². The summed E-state index contributed by atoms with van der Waals surface area (Å²) in [5.74, 6) is 0.198. The minimum Gasteiger partial charge on any atom is -0.370 e. The zero-order chi connectivity index (χ0) is 11.5. The number of primary amides is 1. The first-order valence-corrected chi connectivity index (χ1v) is 5.48. The van der Waals surface area contributed by atoms with E-state index in [4.69, 9.17) is 5.73 Å². The van der Waals surface area contributed by atoms with Gasteiger partial charge in [0.25, 0.3) is 0 Å². The van der Waals surface area contributed by atoms with Gasteiger partial charge in [0.05, 0.1) is 0 Å². The Morgan fingerprint density at radius 2 is 2.00 bits per heavy atom. The first-order valence-electron chi connectivity index (χ1n) is 5.48. The van der Waals surface area contributed by atoms with Gasteiger partial charge in [0.15, 0.2) is 0 Å². The Kier molecular flexibility index (Phi) is 3.72. The van der Waals surface area contributed by atoms with E-state index in [1.165, 1.54) is 6.42 Å². The van der Waals surface area contributed by atoms with Gasteiger partial charge in [-0.25, -0.2) is 0 Å². The molecule has 86 valence electrons. The Morgan fingerprint density at radius 3 is 2.40 bits per heavy atom. The van der Waals surface area contributed by atoms with Crippen molar-refractivity contribution >= 4 is 11.8 Å². The van der Waals surface area contributed by atoms with Gasteiger partial charge in [-0.3, -0.25) is 9.59 Å². The van der Waals surface area contributed by atoms with Gasteiger partial charge in [0, 0.05) is 18.4 Å². The minimum atomic E-state index is -0.521. The molecule has 0 aromatic heterocycles. The molecular formula is C11H20N2O2. The summed E-state index contributed by atoms with van der Waals surface area (Å²) >= 11 is 0. The molecule has 0 bridgehead atoms. The van der Waals surface area contributed by atoms with Gasteiger partial charge >= 0.3 is 0 Å². The summed E-state index contributed by atoms with van der Waals surface area (Å²) in [6.45, 7) is 3.63. The van der Waals surface area contributed by atoms with E-state index >= 15 is 0 Å². The SMILES string of the molecule is CC(C)(CC(N)=O)NC(=O)CC1CCC1. The minimum absolute atomic E-state index is 0.0333. The van der Waals surface area contributed by atoms with Gasteiger partial charge < -0.3 is 11.1 Å². The summed E-state index contributed by atoms with van der Waals surface area (Å²) in [5, 5.41) is 2.85. The zero-order valence-corrected chi connectivity index (χ0v) is 9.51. The van der Waals surface area contributed by atoms with E-state index in [2.05, 4.69) is 5.32 Å². The molecule has 1 rings (SSSR count). The fourth-order valence-electron chi connectivity index (χ4n) is 1.87. The second-order valence-electron chi connectivity index (χ2n) is 5.08. The van der Waals surface area contributed by atoms with Crippen molar-refractivity contribution in [3.63, 3.8) is 0 Å². The third-order valence-corrected chi connectivity index (χ3v) is 2.79. The van der Waals surface area contributed by atoms with Crippen molar-refractivity contribution in [1.29, 1.82) is 0 Å². The number of nitrogens with one attached hydrogen (secondary N) is 1. The van der Waals surface area contributed by atoms with E-state index in [0.717, 1.165) is 12.8 Å². The first kappa shape index (κ1) is 12.0. The lowest BCUT2D eigenvalue weighted by Gasteiger charge is -2.29. The van der Waals surface area contributed by atoms with E-state index in [-0.39, 0.29) is 18.2 Å². The van der Waals surface area contributed by atoms with Gasteiger partial charge in [-0.1, -0.05) is 6.42 Å². The molecule has 0 spiro atoms. The number of carbonyl (C=O) groups is 2. The maximum Gasteiger partial charge on any atom is 0.220 e. The smallest absolute Gasteiger partial charge is 0.220 e. The highest BCUT2D eigenvalue weighted by Gasteiger charge is 2.26. The summed E-state index contributed by atoms with van der Waals surface area (Å²) in [5.41, 5.74) is 4.58. The van der Waals surface area contributed by atoms with Crippen LogP contribution in [0.25, 0.3) is 0 Å². The Balaban J connectivity index is 2.31. The molecule has 0 radical (unpaired) electrons. The van der Waals surface area contributed by atoms with E-state index in [1.54, 1.807) is 0 Å². The first-order chi connectivity index (χ1) is 6.89. The quantitative estimate of drug-likeness (QED) is 0.712. The van der Waals surface area contributed by atoms with Gasteiger partial charge in [0.2, 0.25) is 11.8 Å². The molecule has 1 saturated carbocycles. The standard InChI is InChI=1S/C11H20N2O2/c1-11(2,7-9(12)14)13-10(15)6-8-4-3-5-8/h8H,3-7H2,1-2H3,(H2,12,14)(H,13,15). The molecule has 0 heterocycles. The highest BCUT2D eigenvalue weighted by atomic mass is 16.2. The highest BCUT2D eigenvalue weighted by Crippen LogP contribution is 2.29. The Hall–Kier alpha value is -1.06. The lowest BCUT2D eigenvalue weighted by Crippen LogP contribution is -2.46. The van der Waals surface area contributed by atoms with Crippen LogP contribution >= 0.6 is 0 Å². The van der Waals surface area contributed by atoms with Crippen molar-refractivity contribution in [3.05, 3.63) is 0 Å². The average molecular weight is 212 g/mol. The van der Waals surface area contributed by atoms with Crippen molar-refractivity contribution in [2.24, 2.45) is 11.7 Å². The molecule has 3 N–H and O–H groups in total. The topological polar surface area (TPSA) is 72.2 Å². The second-order valence-corrected chi connectivity index (χ2v) is 5.08. The Labute approximate surface area is 90.6 Å². The number of amides is 2. The summed E-state index contributed by atoms with van der Waals surface area (Å²) < 4.78 is 0. The van der Waals surface area contributed by atoms with E-state index in [9.17, 15) is 9.59 Å². The molecule has 0 unspecified atom stereocenters. The van der Waals surface area contributed by atoms with Gasteiger partial charge in [-0.2, -0.15) is 0 Å². The molecule has 1 fully saturated rings. The van der Waals surface area contributed by atoms with Crippen LogP contribution in [0.5, 0.6) is 0 Å². The molecule has 2 amide bonds. The molecule has 0 atom stereocenters. The second kappa shape index (κ2) is 4.64. The Bertz CT molecular complexity index is 257. The fourth-order valence-corrected chi connectivity index (χ4v) is 1.87. The van der Waals surface area contributed by atoms with Crippen LogP contribution in [0.4, 0.5) is 0 Å². The van der Waals surface area contributed by atoms with Crippen LogP contribution in [-0.2, 0) is 9.59 Å². The van der Waals surface area contributed by atoms with E-state index in [0.29, 0.717) is 12.3 Å². The number of hydrogen-bond donors (Lipinski definition) is 2. The molecule has 4 nitrogen and oxygen atoms in total. The summed E-state index contributed by atoms with van der Waals surface area (Å²) in [7, 11) is 0. The van der Waals surface area contributed by atoms with Crippen molar-refractivity contribution in [2.45, 2.75) is 51.5 Å².